The van der Waals surface area contributed by atoms with E-state index < -0.39 is 18.0 Å². The Morgan fingerprint density at radius 1 is 1.03 bits per heavy atom. The summed E-state index contributed by atoms with van der Waals surface area (Å²) in [6, 6.07) is 11.7. The predicted octanol–water partition coefficient (Wildman–Crippen LogP) is 3.14. The van der Waals surface area contributed by atoms with Crippen molar-refractivity contribution in [3.63, 3.8) is 0 Å². The van der Waals surface area contributed by atoms with Crippen LogP contribution in [0.4, 0.5) is 11.4 Å². The number of amides is 3. The van der Waals surface area contributed by atoms with Crippen LogP contribution < -0.4 is 10.2 Å². The SMILES string of the molecule is Cc1ccc(NC(=O)[C@H](C)OC(=O)c2cccc(N3C(=O)CCC3=O)c2)c(C)c1. The lowest BCUT2D eigenvalue weighted by Gasteiger charge is -2.17. The second kappa shape index (κ2) is 8.26. The Labute approximate surface area is 168 Å². The molecule has 7 heteroatoms. The predicted molar refractivity (Wildman–Crippen MR) is 108 cm³/mol. The number of benzene rings is 2. The van der Waals surface area contributed by atoms with Crippen LogP contribution in [-0.2, 0) is 19.1 Å². The van der Waals surface area contributed by atoms with Gasteiger partial charge in [0.05, 0.1) is 11.3 Å². The molecule has 0 radical (unpaired) electrons. The van der Waals surface area contributed by atoms with Crippen LogP contribution in [0.3, 0.4) is 0 Å². The van der Waals surface area contributed by atoms with Crippen molar-refractivity contribution in [2.75, 3.05) is 10.2 Å². The Balaban J connectivity index is 1.68. The quantitative estimate of drug-likeness (QED) is 0.621. The van der Waals surface area contributed by atoms with Gasteiger partial charge in [-0.3, -0.25) is 19.3 Å². The van der Waals surface area contributed by atoms with Crippen LogP contribution in [0.1, 0.15) is 41.3 Å². The number of ether oxygens (including phenoxy) is 1. The first-order valence-corrected chi connectivity index (χ1v) is 9.31. The third-order valence-electron chi connectivity index (χ3n) is 4.68. The Bertz CT molecular complexity index is 982. The minimum absolute atomic E-state index is 0.154. The van der Waals surface area contributed by atoms with Gasteiger partial charge in [-0.05, 0) is 50.6 Å². The highest BCUT2D eigenvalue weighted by atomic mass is 16.5. The van der Waals surface area contributed by atoms with E-state index in [1.807, 2.05) is 26.0 Å². The van der Waals surface area contributed by atoms with E-state index in [2.05, 4.69) is 5.32 Å². The third kappa shape index (κ3) is 4.51. The molecule has 0 unspecified atom stereocenters. The second-order valence-corrected chi connectivity index (χ2v) is 7.03. The summed E-state index contributed by atoms with van der Waals surface area (Å²) >= 11 is 0. The van der Waals surface area contributed by atoms with Gasteiger partial charge in [0.15, 0.2) is 6.10 Å². The van der Waals surface area contributed by atoms with Crippen molar-refractivity contribution in [1.29, 1.82) is 0 Å². The minimum Gasteiger partial charge on any atom is -0.449 e. The monoisotopic (exact) mass is 394 g/mol. The number of nitrogens with zero attached hydrogens (tertiary/aromatic N) is 1. The van der Waals surface area contributed by atoms with E-state index in [0.717, 1.165) is 16.0 Å². The smallest absolute Gasteiger partial charge is 0.338 e. The second-order valence-electron chi connectivity index (χ2n) is 7.03. The fourth-order valence-electron chi connectivity index (χ4n) is 3.11. The summed E-state index contributed by atoms with van der Waals surface area (Å²) in [5.41, 5.74) is 3.11. The molecule has 0 aromatic heterocycles. The van der Waals surface area contributed by atoms with Crippen LogP contribution in [0.15, 0.2) is 42.5 Å². The average Bonchev–Trinajstić information content (AvgIpc) is 3.02. The molecule has 1 N–H and O–H groups in total. The van der Waals surface area contributed by atoms with Gasteiger partial charge in [0.2, 0.25) is 11.8 Å². The number of carbonyl (C=O) groups excluding carboxylic acids is 4. The highest BCUT2D eigenvalue weighted by Gasteiger charge is 2.30. The number of nitrogens with one attached hydrogen (secondary N) is 1. The van der Waals surface area contributed by atoms with E-state index in [4.69, 9.17) is 4.74 Å². The number of imide groups is 1. The molecule has 2 aromatic carbocycles. The van der Waals surface area contributed by atoms with Crippen LogP contribution >= 0.6 is 0 Å². The lowest BCUT2D eigenvalue weighted by Crippen LogP contribution is -2.31. The molecule has 1 saturated heterocycles. The Morgan fingerprint density at radius 2 is 1.72 bits per heavy atom. The molecule has 0 bridgehead atoms. The summed E-state index contributed by atoms with van der Waals surface area (Å²) in [4.78, 5) is 49.7. The molecular weight excluding hydrogens is 372 g/mol. The van der Waals surface area contributed by atoms with Gasteiger partial charge in [-0.15, -0.1) is 0 Å². The van der Waals surface area contributed by atoms with Gasteiger partial charge >= 0.3 is 5.97 Å². The Kier molecular flexibility index (Phi) is 5.77. The summed E-state index contributed by atoms with van der Waals surface area (Å²) in [7, 11) is 0. The van der Waals surface area contributed by atoms with E-state index in [0.29, 0.717) is 11.4 Å². The number of carbonyl (C=O) groups is 4. The van der Waals surface area contributed by atoms with Gasteiger partial charge < -0.3 is 10.1 Å². The molecule has 0 spiro atoms. The molecule has 1 aliphatic heterocycles. The zero-order chi connectivity index (χ0) is 21.1. The van der Waals surface area contributed by atoms with Gasteiger partial charge in [0.25, 0.3) is 5.91 Å². The standard InChI is InChI=1S/C22H22N2O5/c1-13-7-8-18(14(2)11-13)23-21(27)15(3)29-22(28)16-5-4-6-17(12-16)24-19(25)9-10-20(24)26/h4-8,11-12,15H,9-10H2,1-3H3,(H,23,27)/t15-/m0/s1. The van der Waals surface area contributed by atoms with E-state index in [-0.39, 0.29) is 30.2 Å². The molecule has 7 nitrogen and oxygen atoms in total. The molecule has 3 amide bonds. The highest BCUT2D eigenvalue weighted by molar-refractivity contribution is 6.20. The van der Waals surface area contributed by atoms with Crippen LogP contribution in [0.25, 0.3) is 0 Å². The maximum atomic E-state index is 12.5. The van der Waals surface area contributed by atoms with E-state index in [1.165, 1.54) is 19.1 Å². The molecule has 150 valence electrons. The number of rotatable bonds is 5. The normalized spacial score (nSPS) is 14.7. The van der Waals surface area contributed by atoms with Crippen molar-refractivity contribution in [3.05, 3.63) is 59.2 Å². The van der Waals surface area contributed by atoms with Crippen molar-refractivity contribution in [1.82, 2.24) is 0 Å². The minimum atomic E-state index is -1.03. The number of hydrogen-bond acceptors (Lipinski definition) is 5. The maximum absolute atomic E-state index is 12.5. The first-order chi connectivity index (χ1) is 13.8. The third-order valence-corrected chi connectivity index (χ3v) is 4.68. The van der Waals surface area contributed by atoms with Crippen molar-refractivity contribution in [3.8, 4) is 0 Å². The maximum Gasteiger partial charge on any atom is 0.338 e. The number of anilines is 2. The molecule has 29 heavy (non-hydrogen) atoms. The summed E-state index contributed by atoms with van der Waals surface area (Å²) in [5, 5.41) is 2.75. The zero-order valence-electron chi connectivity index (χ0n) is 16.5. The molecular formula is C22H22N2O5. The highest BCUT2D eigenvalue weighted by Crippen LogP contribution is 2.24. The first kappa shape index (κ1) is 20.3. The van der Waals surface area contributed by atoms with Crippen molar-refractivity contribution >= 4 is 35.1 Å². The summed E-state index contributed by atoms with van der Waals surface area (Å²) in [6.07, 6.45) is -0.714. The molecule has 1 heterocycles. The molecule has 0 aliphatic carbocycles. The largest absolute Gasteiger partial charge is 0.449 e. The van der Waals surface area contributed by atoms with Gasteiger partial charge in [-0.1, -0.05) is 23.8 Å². The van der Waals surface area contributed by atoms with E-state index in [1.54, 1.807) is 18.2 Å². The Morgan fingerprint density at radius 3 is 2.38 bits per heavy atom. The fourth-order valence-corrected chi connectivity index (χ4v) is 3.11. The summed E-state index contributed by atoms with van der Waals surface area (Å²) < 4.78 is 5.27. The van der Waals surface area contributed by atoms with Crippen LogP contribution in [0, 0.1) is 13.8 Å². The average molecular weight is 394 g/mol. The summed E-state index contributed by atoms with van der Waals surface area (Å²) in [5.74, 6) is -1.77. The van der Waals surface area contributed by atoms with Crippen molar-refractivity contribution < 1.29 is 23.9 Å². The number of esters is 1. The lowest BCUT2D eigenvalue weighted by molar-refractivity contribution is -0.124. The van der Waals surface area contributed by atoms with E-state index >= 15 is 0 Å². The van der Waals surface area contributed by atoms with Gasteiger partial charge in [-0.25, -0.2) is 4.79 Å². The summed E-state index contributed by atoms with van der Waals surface area (Å²) in [6.45, 7) is 5.32. The molecule has 3 rings (SSSR count). The number of aryl methyl sites for hydroxylation is 2. The molecule has 1 aliphatic rings. The number of hydrogen-bond donors (Lipinski definition) is 1. The lowest BCUT2D eigenvalue weighted by atomic mass is 10.1. The van der Waals surface area contributed by atoms with Gasteiger partial charge in [0.1, 0.15) is 0 Å². The van der Waals surface area contributed by atoms with Crippen LogP contribution in [0.5, 0.6) is 0 Å². The van der Waals surface area contributed by atoms with Crippen molar-refractivity contribution in [2.45, 2.75) is 39.7 Å². The molecule has 2 aromatic rings. The first-order valence-electron chi connectivity index (χ1n) is 9.31. The van der Waals surface area contributed by atoms with Gasteiger partial charge in [-0.2, -0.15) is 0 Å². The van der Waals surface area contributed by atoms with Crippen LogP contribution in [0.2, 0.25) is 0 Å². The fraction of sp³-hybridized carbons (Fsp3) is 0.273. The Hall–Kier alpha value is -3.48. The van der Waals surface area contributed by atoms with E-state index in [9.17, 15) is 19.2 Å². The molecule has 0 saturated carbocycles. The molecule has 1 fully saturated rings. The zero-order valence-corrected chi connectivity index (χ0v) is 16.5. The van der Waals surface area contributed by atoms with Crippen LogP contribution in [-0.4, -0.2) is 29.8 Å². The van der Waals surface area contributed by atoms with Crippen molar-refractivity contribution in [2.24, 2.45) is 0 Å². The topological polar surface area (TPSA) is 92.8 Å². The van der Waals surface area contributed by atoms with Gasteiger partial charge in [0, 0.05) is 18.5 Å². The molecule has 1 atom stereocenters.